The summed E-state index contributed by atoms with van der Waals surface area (Å²) in [6.45, 7) is 3.03. The van der Waals surface area contributed by atoms with Crippen molar-refractivity contribution in [1.82, 2.24) is 25.7 Å². The molecule has 0 saturated heterocycles. The monoisotopic (exact) mass is 257 g/mol. The number of hydrogen-bond acceptors (Lipinski definition) is 4. The number of aromatic nitrogens is 4. The van der Waals surface area contributed by atoms with Crippen LogP contribution in [0.4, 0.5) is 0 Å². The molecule has 2 aromatic rings. The van der Waals surface area contributed by atoms with Crippen molar-refractivity contribution in [2.24, 2.45) is 0 Å². The molecule has 2 N–H and O–H groups in total. The Kier molecular flexibility index (Phi) is 3.55. The fraction of sp³-hybridized carbons (Fsp3) is 0.500. The van der Waals surface area contributed by atoms with Crippen LogP contribution in [0.2, 0.25) is 0 Å². The van der Waals surface area contributed by atoms with Gasteiger partial charge >= 0.3 is 0 Å². The van der Waals surface area contributed by atoms with Gasteiger partial charge in [-0.3, -0.25) is 4.98 Å². The second-order valence-electron chi connectivity index (χ2n) is 4.98. The van der Waals surface area contributed by atoms with Gasteiger partial charge in [-0.15, -0.1) is 0 Å². The van der Waals surface area contributed by atoms with E-state index < -0.39 is 0 Å². The highest BCUT2D eigenvalue weighted by molar-refractivity contribution is 5.29. The molecule has 2 atom stereocenters. The first-order valence-corrected chi connectivity index (χ1v) is 6.93. The molecule has 1 aliphatic rings. The highest BCUT2D eigenvalue weighted by Crippen LogP contribution is 2.38. The van der Waals surface area contributed by atoms with Gasteiger partial charge in [0, 0.05) is 17.8 Å². The molecule has 0 aliphatic heterocycles. The molecular weight excluding hydrogens is 238 g/mol. The Bertz CT molecular complexity index is 522. The number of pyridine rings is 1. The maximum Gasteiger partial charge on any atom is 0.100 e. The van der Waals surface area contributed by atoms with Gasteiger partial charge in [-0.2, -0.15) is 15.4 Å². The second-order valence-corrected chi connectivity index (χ2v) is 4.98. The molecule has 0 radical (unpaired) electrons. The molecule has 2 heterocycles. The van der Waals surface area contributed by atoms with E-state index in [1.165, 1.54) is 17.7 Å². The predicted octanol–water partition coefficient (Wildman–Crippen LogP) is 1.97. The van der Waals surface area contributed by atoms with Crippen LogP contribution in [0.25, 0.3) is 0 Å². The number of fused-ring (bicyclic) bond motifs is 1. The van der Waals surface area contributed by atoms with Crippen LogP contribution in [0.5, 0.6) is 0 Å². The lowest BCUT2D eigenvalue weighted by atomic mass is 9.81. The van der Waals surface area contributed by atoms with Gasteiger partial charge in [-0.25, -0.2) is 0 Å². The van der Waals surface area contributed by atoms with E-state index in [2.05, 4.69) is 38.7 Å². The number of rotatable bonds is 4. The normalized spacial score (nSPS) is 19.9. The van der Waals surface area contributed by atoms with E-state index in [-0.39, 0.29) is 6.04 Å². The van der Waals surface area contributed by atoms with Crippen LogP contribution in [0.1, 0.15) is 48.7 Å². The van der Waals surface area contributed by atoms with E-state index in [1.54, 1.807) is 0 Å². The zero-order valence-corrected chi connectivity index (χ0v) is 11.1. The first-order chi connectivity index (χ1) is 9.40. The average Bonchev–Trinajstić information content (AvgIpc) is 2.98. The Balaban J connectivity index is 1.96. The Hall–Kier alpha value is -1.75. The van der Waals surface area contributed by atoms with Crippen molar-refractivity contribution in [3.05, 3.63) is 41.5 Å². The number of H-pyrrole nitrogens is 1. The molecule has 3 rings (SSSR count). The van der Waals surface area contributed by atoms with Crippen molar-refractivity contribution in [1.29, 1.82) is 0 Å². The minimum Gasteiger partial charge on any atom is -0.308 e. The SMILES string of the molecule is CCNC(c1cn[nH]n1)C1CCCc2cccnc21. The first-order valence-electron chi connectivity index (χ1n) is 6.93. The third-order valence-electron chi connectivity index (χ3n) is 3.82. The number of aromatic amines is 1. The topological polar surface area (TPSA) is 66.5 Å². The van der Waals surface area contributed by atoms with E-state index in [1.807, 2.05) is 18.5 Å². The molecule has 0 spiro atoms. The maximum absolute atomic E-state index is 4.62. The number of aryl methyl sites for hydroxylation is 1. The minimum atomic E-state index is 0.192. The van der Waals surface area contributed by atoms with E-state index >= 15 is 0 Å². The summed E-state index contributed by atoms with van der Waals surface area (Å²) in [7, 11) is 0. The van der Waals surface area contributed by atoms with Crippen LogP contribution in [0, 0.1) is 0 Å². The minimum absolute atomic E-state index is 0.192. The van der Waals surface area contributed by atoms with Crippen molar-refractivity contribution < 1.29 is 0 Å². The third kappa shape index (κ3) is 2.38. The Morgan fingerprint density at radius 2 is 2.47 bits per heavy atom. The van der Waals surface area contributed by atoms with Gasteiger partial charge in [0.1, 0.15) is 5.69 Å². The quantitative estimate of drug-likeness (QED) is 0.878. The lowest BCUT2D eigenvalue weighted by Crippen LogP contribution is -2.30. The highest BCUT2D eigenvalue weighted by atomic mass is 15.3. The molecule has 0 fully saturated rings. The number of nitrogens with zero attached hydrogens (tertiary/aromatic N) is 3. The van der Waals surface area contributed by atoms with Gasteiger partial charge in [-0.05, 0) is 37.4 Å². The van der Waals surface area contributed by atoms with Gasteiger partial charge in [0.15, 0.2) is 0 Å². The van der Waals surface area contributed by atoms with Crippen LogP contribution < -0.4 is 5.32 Å². The summed E-state index contributed by atoms with van der Waals surface area (Å²) in [5, 5.41) is 14.4. The summed E-state index contributed by atoms with van der Waals surface area (Å²) in [4.78, 5) is 4.62. The third-order valence-corrected chi connectivity index (χ3v) is 3.82. The Labute approximate surface area is 112 Å². The van der Waals surface area contributed by atoms with E-state index in [4.69, 9.17) is 0 Å². The maximum atomic E-state index is 4.62. The molecular formula is C14H19N5. The summed E-state index contributed by atoms with van der Waals surface area (Å²) in [5.74, 6) is 0.384. The molecule has 2 aromatic heterocycles. The molecule has 0 amide bonds. The summed E-state index contributed by atoms with van der Waals surface area (Å²) in [5.41, 5.74) is 3.58. The van der Waals surface area contributed by atoms with Crippen molar-refractivity contribution in [2.45, 2.75) is 38.1 Å². The van der Waals surface area contributed by atoms with Crippen molar-refractivity contribution >= 4 is 0 Å². The summed E-state index contributed by atoms with van der Waals surface area (Å²) in [6.07, 6.45) is 7.20. The average molecular weight is 257 g/mol. The van der Waals surface area contributed by atoms with Crippen molar-refractivity contribution in [3.8, 4) is 0 Å². The Morgan fingerprint density at radius 1 is 1.53 bits per heavy atom. The smallest absolute Gasteiger partial charge is 0.100 e. The highest BCUT2D eigenvalue weighted by Gasteiger charge is 2.30. The number of likely N-dealkylation sites (N-methyl/N-ethyl adjacent to an activating group) is 1. The van der Waals surface area contributed by atoms with Crippen LogP contribution in [0.15, 0.2) is 24.5 Å². The fourth-order valence-corrected chi connectivity index (χ4v) is 3.00. The molecule has 0 aromatic carbocycles. The van der Waals surface area contributed by atoms with Gasteiger partial charge in [0.25, 0.3) is 0 Å². The zero-order chi connectivity index (χ0) is 13.1. The van der Waals surface area contributed by atoms with Gasteiger partial charge in [0.2, 0.25) is 0 Å². The zero-order valence-electron chi connectivity index (χ0n) is 11.1. The lowest BCUT2D eigenvalue weighted by Gasteiger charge is -2.30. The second kappa shape index (κ2) is 5.48. The first kappa shape index (κ1) is 12.3. The fourth-order valence-electron chi connectivity index (χ4n) is 3.00. The molecule has 1 aliphatic carbocycles. The van der Waals surface area contributed by atoms with Crippen LogP contribution in [-0.2, 0) is 6.42 Å². The summed E-state index contributed by atoms with van der Waals surface area (Å²) in [6, 6.07) is 4.41. The molecule has 2 unspecified atom stereocenters. The molecule has 5 heteroatoms. The van der Waals surface area contributed by atoms with E-state index in [0.717, 1.165) is 25.1 Å². The number of hydrogen-bond donors (Lipinski definition) is 2. The summed E-state index contributed by atoms with van der Waals surface area (Å²) >= 11 is 0. The van der Waals surface area contributed by atoms with Crippen LogP contribution >= 0.6 is 0 Å². The predicted molar refractivity (Wildman–Crippen MR) is 72.7 cm³/mol. The van der Waals surface area contributed by atoms with Crippen molar-refractivity contribution in [3.63, 3.8) is 0 Å². The van der Waals surface area contributed by atoms with Crippen LogP contribution in [0.3, 0.4) is 0 Å². The largest absolute Gasteiger partial charge is 0.308 e. The Morgan fingerprint density at radius 3 is 3.26 bits per heavy atom. The molecule has 5 nitrogen and oxygen atoms in total. The lowest BCUT2D eigenvalue weighted by molar-refractivity contribution is 0.393. The van der Waals surface area contributed by atoms with Gasteiger partial charge in [-0.1, -0.05) is 13.0 Å². The van der Waals surface area contributed by atoms with E-state index in [0.29, 0.717) is 5.92 Å². The van der Waals surface area contributed by atoms with Gasteiger partial charge < -0.3 is 5.32 Å². The van der Waals surface area contributed by atoms with Gasteiger partial charge in [0.05, 0.1) is 12.2 Å². The molecule has 0 bridgehead atoms. The molecule has 100 valence electrons. The van der Waals surface area contributed by atoms with Crippen molar-refractivity contribution in [2.75, 3.05) is 6.54 Å². The van der Waals surface area contributed by atoms with Crippen LogP contribution in [-0.4, -0.2) is 26.9 Å². The molecule has 19 heavy (non-hydrogen) atoms. The summed E-state index contributed by atoms with van der Waals surface area (Å²) < 4.78 is 0. The number of nitrogens with one attached hydrogen (secondary N) is 2. The standard InChI is InChI=1S/C14H19N5/c1-2-15-14(12-9-17-19-18-12)11-7-3-5-10-6-4-8-16-13(10)11/h4,6,8-9,11,14-15H,2-3,5,7H2,1H3,(H,17,18,19). The van der Waals surface area contributed by atoms with E-state index in [9.17, 15) is 0 Å². The molecule has 0 saturated carbocycles.